The van der Waals surface area contributed by atoms with E-state index in [0.29, 0.717) is 6.61 Å². The summed E-state index contributed by atoms with van der Waals surface area (Å²) in [6.07, 6.45) is 1.76. The fourth-order valence-corrected chi connectivity index (χ4v) is 2.77. The maximum absolute atomic E-state index is 6.07. The molecule has 6 nitrogen and oxygen atoms in total. The summed E-state index contributed by atoms with van der Waals surface area (Å²) in [5.74, 6) is 0.479. The van der Waals surface area contributed by atoms with Crippen LogP contribution in [0.4, 0.5) is 0 Å². The number of rotatable bonds is 4. The lowest BCUT2D eigenvalue weighted by molar-refractivity contribution is -0.210. The summed E-state index contributed by atoms with van der Waals surface area (Å²) in [6, 6.07) is 0. The molecule has 1 aromatic heterocycles. The van der Waals surface area contributed by atoms with Crippen molar-refractivity contribution in [3.63, 3.8) is 0 Å². The van der Waals surface area contributed by atoms with Crippen LogP contribution in [0.5, 0.6) is 0 Å². The van der Waals surface area contributed by atoms with Crippen LogP contribution >= 0.6 is 0 Å². The Bertz CT molecular complexity index is 435. The van der Waals surface area contributed by atoms with Gasteiger partial charge < -0.3 is 24.1 Å². The highest BCUT2D eigenvalue weighted by Gasteiger charge is 2.42. The fraction of sp³-hybridized carbons (Fsp3) is 0.786. The normalized spacial score (nSPS) is 25.4. The van der Waals surface area contributed by atoms with Gasteiger partial charge in [0.15, 0.2) is 5.79 Å². The van der Waals surface area contributed by atoms with Crippen LogP contribution in [0.2, 0.25) is 0 Å². The van der Waals surface area contributed by atoms with Crippen LogP contribution in [0, 0.1) is 13.8 Å². The highest BCUT2D eigenvalue weighted by Crippen LogP contribution is 2.32. The molecule has 3 heterocycles. The third kappa shape index (κ3) is 2.88. The number of nitrogens with one attached hydrogen (secondary N) is 1. The largest absolute Gasteiger partial charge is 0.381 e. The summed E-state index contributed by atoms with van der Waals surface area (Å²) in [5.41, 5.74) is 2.07. The molecule has 112 valence electrons. The zero-order valence-electron chi connectivity index (χ0n) is 12.1. The van der Waals surface area contributed by atoms with Gasteiger partial charge in [-0.15, -0.1) is 0 Å². The molecule has 0 aliphatic carbocycles. The SMILES string of the molecule is Cc1noc(C)c1CNC[C@H]1COC2(CCOCC2)O1. The van der Waals surface area contributed by atoms with E-state index in [0.717, 1.165) is 56.2 Å². The predicted octanol–water partition coefficient (Wildman–Crippen LogP) is 1.30. The summed E-state index contributed by atoms with van der Waals surface area (Å²) in [7, 11) is 0. The lowest BCUT2D eigenvalue weighted by Gasteiger charge is -2.31. The van der Waals surface area contributed by atoms with Crippen molar-refractivity contribution < 1.29 is 18.7 Å². The Morgan fingerprint density at radius 3 is 2.80 bits per heavy atom. The Balaban J connectivity index is 1.46. The second-order valence-corrected chi connectivity index (χ2v) is 5.51. The minimum absolute atomic E-state index is 0.105. The van der Waals surface area contributed by atoms with Crippen LogP contribution in [0.3, 0.4) is 0 Å². The molecule has 1 atom stereocenters. The molecule has 0 saturated carbocycles. The number of aromatic nitrogens is 1. The highest BCUT2D eigenvalue weighted by atomic mass is 16.7. The van der Waals surface area contributed by atoms with E-state index in [1.807, 2.05) is 13.8 Å². The molecule has 1 N–H and O–H groups in total. The van der Waals surface area contributed by atoms with E-state index in [1.54, 1.807) is 0 Å². The quantitative estimate of drug-likeness (QED) is 0.898. The number of ether oxygens (including phenoxy) is 3. The summed E-state index contributed by atoms with van der Waals surface area (Å²) in [5, 5.41) is 7.35. The number of nitrogens with zero attached hydrogens (tertiary/aromatic N) is 1. The molecule has 0 aromatic carbocycles. The van der Waals surface area contributed by atoms with Crippen LogP contribution in [0.15, 0.2) is 4.52 Å². The van der Waals surface area contributed by atoms with E-state index in [1.165, 1.54) is 0 Å². The second-order valence-electron chi connectivity index (χ2n) is 5.51. The van der Waals surface area contributed by atoms with Gasteiger partial charge in [0.1, 0.15) is 5.76 Å². The monoisotopic (exact) mass is 282 g/mol. The molecule has 3 rings (SSSR count). The van der Waals surface area contributed by atoms with Crippen molar-refractivity contribution >= 4 is 0 Å². The van der Waals surface area contributed by atoms with Crippen LogP contribution < -0.4 is 5.32 Å². The van der Waals surface area contributed by atoms with Crippen LogP contribution in [0.1, 0.15) is 29.9 Å². The van der Waals surface area contributed by atoms with Crippen molar-refractivity contribution in [2.24, 2.45) is 0 Å². The van der Waals surface area contributed by atoms with E-state index < -0.39 is 5.79 Å². The number of aryl methyl sites for hydroxylation is 2. The smallest absolute Gasteiger partial charge is 0.173 e. The molecule has 2 aliphatic rings. The molecule has 2 aliphatic heterocycles. The Kier molecular flexibility index (Phi) is 4.07. The first kappa shape index (κ1) is 14.0. The molecular formula is C14H22N2O4. The van der Waals surface area contributed by atoms with Gasteiger partial charge in [-0.25, -0.2) is 0 Å². The molecule has 0 bridgehead atoms. The minimum atomic E-state index is -0.395. The van der Waals surface area contributed by atoms with Crippen molar-refractivity contribution in [2.45, 2.75) is 45.1 Å². The molecular weight excluding hydrogens is 260 g/mol. The molecule has 0 unspecified atom stereocenters. The Hall–Kier alpha value is -0.950. The molecule has 0 radical (unpaired) electrons. The van der Waals surface area contributed by atoms with Gasteiger partial charge in [0.05, 0.1) is 31.6 Å². The molecule has 2 fully saturated rings. The molecule has 1 aromatic rings. The van der Waals surface area contributed by atoms with Gasteiger partial charge in [0, 0.05) is 31.5 Å². The minimum Gasteiger partial charge on any atom is -0.381 e. The molecule has 1 spiro atoms. The molecule has 20 heavy (non-hydrogen) atoms. The molecule has 6 heteroatoms. The van der Waals surface area contributed by atoms with Crippen molar-refractivity contribution in [3.8, 4) is 0 Å². The summed E-state index contributed by atoms with van der Waals surface area (Å²) in [4.78, 5) is 0. The lowest BCUT2D eigenvalue weighted by atomic mass is 10.1. The first-order valence-electron chi connectivity index (χ1n) is 7.20. The summed E-state index contributed by atoms with van der Waals surface area (Å²) >= 11 is 0. The topological polar surface area (TPSA) is 65.8 Å². The van der Waals surface area contributed by atoms with Gasteiger partial charge in [0.2, 0.25) is 0 Å². The van der Waals surface area contributed by atoms with Crippen LogP contribution in [-0.4, -0.2) is 43.4 Å². The van der Waals surface area contributed by atoms with Crippen molar-refractivity contribution in [3.05, 3.63) is 17.0 Å². The average molecular weight is 282 g/mol. The summed E-state index contributed by atoms with van der Waals surface area (Å²) < 4.78 is 22.4. The van der Waals surface area contributed by atoms with E-state index in [2.05, 4.69) is 10.5 Å². The number of hydrogen-bond acceptors (Lipinski definition) is 6. The first-order chi connectivity index (χ1) is 9.69. The third-order valence-electron chi connectivity index (χ3n) is 4.02. The standard InChI is InChI=1S/C14H22N2O4/c1-10-13(11(2)20-16-10)8-15-7-12-9-18-14(19-12)3-5-17-6-4-14/h12,15H,3-9H2,1-2H3/t12-/m0/s1. The zero-order valence-corrected chi connectivity index (χ0v) is 12.1. The van der Waals surface area contributed by atoms with Gasteiger partial charge in [-0.05, 0) is 13.8 Å². The van der Waals surface area contributed by atoms with E-state index in [9.17, 15) is 0 Å². The van der Waals surface area contributed by atoms with E-state index in [4.69, 9.17) is 18.7 Å². The van der Waals surface area contributed by atoms with Gasteiger partial charge in [-0.3, -0.25) is 0 Å². The average Bonchev–Trinajstić information content (AvgIpc) is 2.98. The van der Waals surface area contributed by atoms with Crippen LogP contribution in [-0.2, 0) is 20.8 Å². The Labute approximate surface area is 118 Å². The van der Waals surface area contributed by atoms with Crippen molar-refractivity contribution in [1.29, 1.82) is 0 Å². The zero-order chi connectivity index (χ0) is 14.0. The van der Waals surface area contributed by atoms with Crippen molar-refractivity contribution in [1.82, 2.24) is 10.5 Å². The summed E-state index contributed by atoms with van der Waals surface area (Å²) in [6.45, 7) is 7.50. The predicted molar refractivity (Wildman–Crippen MR) is 71.3 cm³/mol. The Morgan fingerprint density at radius 1 is 1.30 bits per heavy atom. The Morgan fingerprint density at radius 2 is 2.10 bits per heavy atom. The van der Waals surface area contributed by atoms with E-state index in [-0.39, 0.29) is 6.10 Å². The second kappa shape index (κ2) is 5.81. The maximum Gasteiger partial charge on any atom is 0.173 e. The van der Waals surface area contributed by atoms with Crippen LogP contribution in [0.25, 0.3) is 0 Å². The van der Waals surface area contributed by atoms with E-state index >= 15 is 0 Å². The highest BCUT2D eigenvalue weighted by molar-refractivity contribution is 5.20. The van der Waals surface area contributed by atoms with Gasteiger partial charge in [-0.1, -0.05) is 5.16 Å². The molecule has 0 amide bonds. The maximum atomic E-state index is 6.07. The van der Waals surface area contributed by atoms with Gasteiger partial charge >= 0.3 is 0 Å². The number of hydrogen-bond donors (Lipinski definition) is 1. The van der Waals surface area contributed by atoms with Gasteiger partial charge in [0.25, 0.3) is 0 Å². The van der Waals surface area contributed by atoms with Gasteiger partial charge in [-0.2, -0.15) is 0 Å². The molecule has 2 saturated heterocycles. The third-order valence-corrected chi connectivity index (χ3v) is 4.02. The first-order valence-corrected chi connectivity index (χ1v) is 7.20. The fourth-order valence-electron chi connectivity index (χ4n) is 2.77. The van der Waals surface area contributed by atoms with Crippen molar-refractivity contribution in [2.75, 3.05) is 26.4 Å². The lowest BCUT2D eigenvalue weighted by Crippen LogP contribution is -2.39.